The lowest BCUT2D eigenvalue weighted by atomic mass is 10.1. The first-order valence-corrected chi connectivity index (χ1v) is 6.03. The molecule has 0 aliphatic heterocycles. The molecule has 1 aromatic rings. The molecule has 0 bridgehead atoms. The number of phenols is 1. The monoisotopic (exact) mass is 248 g/mol. The lowest BCUT2D eigenvalue weighted by molar-refractivity contribution is -0.109. The lowest BCUT2D eigenvalue weighted by Crippen LogP contribution is -1.88. The van der Waals surface area contributed by atoms with E-state index < -0.39 is 0 Å². The zero-order valence-corrected chi connectivity index (χ0v) is 10.2. The number of phenolic OH excluding ortho intramolecular Hbond substituents is 1. The van der Waals surface area contributed by atoms with E-state index in [0.29, 0.717) is 24.0 Å². The van der Waals surface area contributed by atoms with Crippen molar-refractivity contribution in [2.75, 3.05) is 5.75 Å². The largest absolute Gasteiger partial charge is 0.507 e. The van der Waals surface area contributed by atoms with Crippen LogP contribution in [0.15, 0.2) is 18.2 Å². The van der Waals surface area contributed by atoms with Crippen molar-refractivity contribution >= 4 is 23.2 Å². The third-order valence-electron chi connectivity index (χ3n) is 1.96. The van der Waals surface area contributed by atoms with E-state index >= 15 is 0 Å². The molecule has 0 saturated heterocycles. The molecule has 0 spiro atoms. The summed E-state index contributed by atoms with van der Waals surface area (Å²) in [4.78, 5) is 21.4. The molecule has 17 heavy (non-hydrogen) atoms. The maximum absolute atomic E-state index is 10.7. The van der Waals surface area contributed by atoms with Crippen LogP contribution in [0.5, 0.6) is 5.75 Å². The summed E-state index contributed by atoms with van der Waals surface area (Å²) in [7, 11) is 0. The van der Waals surface area contributed by atoms with Crippen LogP contribution in [-0.4, -0.2) is 22.3 Å². The maximum Gasteiger partial charge on any atom is 0.185 e. The molecule has 0 unspecified atom stereocenters. The van der Waals surface area contributed by atoms with E-state index in [2.05, 4.69) is 11.8 Å². The molecule has 0 atom stereocenters. The highest BCUT2D eigenvalue weighted by Gasteiger charge is 2.03. The molecule has 1 N–H and O–H groups in total. The summed E-state index contributed by atoms with van der Waals surface area (Å²) in [5.74, 6) is 6.25. The molecule has 0 radical (unpaired) electrons. The second-order valence-corrected chi connectivity index (χ2v) is 4.52. The summed E-state index contributed by atoms with van der Waals surface area (Å²) >= 11 is 1.22. The number of carbonyl (C=O) groups is 2. The van der Waals surface area contributed by atoms with Crippen LogP contribution < -0.4 is 0 Å². The Morgan fingerprint density at radius 2 is 2.29 bits per heavy atom. The van der Waals surface area contributed by atoms with Gasteiger partial charge in [-0.25, -0.2) is 0 Å². The smallest absolute Gasteiger partial charge is 0.185 e. The van der Waals surface area contributed by atoms with Gasteiger partial charge in [0, 0.05) is 24.7 Å². The zero-order valence-electron chi connectivity index (χ0n) is 9.40. The maximum atomic E-state index is 10.7. The van der Waals surface area contributed by atoms with Crippen molar-refractivity contribution in [3.63, 3.8) is 0 Å². The van der Waals surface area contributed by atoms with Crippen LogP contribution in [0.3, 0.4) is 0 Å². The number of carbonyl (C=O) groups excluding carboxylic acids is 2. The number of rotatable bonds is 3. The molecule has 0 aliphatic carbocycles. The number of aromatic hydroxyl groups is 1. The molecule has 0 amide bonds. The second-order valence-electron chi connectivity index (χ2n) is 3.25. The number of thioether (sulfide) groups is 1. The molecule has 0 fully saturated rings. The van der Waals surface area contributed by atoms with Gasteiger partial charge in [-0.05, 0) is 12.1 Å². The second kappa shape index (κ2) is 6.77. The molecular weight excluding hydrogens is 236 g/mol. The van der Waals surface area contributed by atoms with Gasteiger partial charge in [-0.1, -0.05) is 29.7 Å². The van der Waals surface area contributed by atoms with Crippen molar-refractivity contribution in [3.05, 3.63) is 29.3 Å². The predicted octanol–water partition coefficient (Wildman–Crippen LogP) is 2.23. The highest BCUT2D eigenvalue weighted by atomic mass is 32.2. The minimum absolute atomic E-state index is 0.0649. The van der Waals surface area contributed by atoms with Crippen molar-refractivity contribution in [1.82, 2.24) is 0 Å². The van der Waals surface area contributed by atoms with Gasteiger partial charge in [0.25, 0.3) is 0 Å². The predicted molar refractivity (Wildman–Crippen MR) is 68.1 cm³/mol. The van der Waals surface area contributed by atoms with E-state index in [0.717, 1.165) is 0 Å². The Bertz CT molecular complexity index is 483. The van der Waals surface area contributed by atoms with Crippen LogP contribution in [-0.2, 0) is 4.79 Å². The summed E-state index contributed by atoms with van der Waals surface area (Å²) in [6, 6.07) is 4.76. The van der Waals surface area contributed by atoms with Gasteiger partial charge in [0.2, 0.25) is 0 Å². The van der Waals surface area contributed by atoms with Crippen LogP contribution in [0.25, 0.3) is 0 Å². The molecule has 3 nitrogen and oxygen atoms in total. The van der Waals surface area contributed by atoms with E-state index in [1.54, 1.807) is 12.1 Å². The van der Waals surface area contributed by atoms with E-state index in [1.165, 1.54) is 24.8 Å². The molecule has 0 aliphatic rings. The van der Waals surface area contributed by atoms with Crippen LogP contribution >= 0.6 is 11.8 Å². The van der Waals surface area contributed by atoms with E-state index in [9.17, 15) is 14.7 Å². The average molecular weight is 248 g/mol. The van der Waals surface area contributed by atoms with E-state index in [-0.39, 0.29) is 16.4 Å². The molecule has 4 heteroatoms. The minimum Gasteiger partial charge on any atom is -0.507 e. The van der Waals surface area contributed by atoms with Gasteiger partial charge < -0.3 is 5.11 Å². The fourth-order valence-electron chi connectivity index (χ4n) is 1.19. The molecule has 0 heterocycles. The standard InChI is InChI=1S/C13H12O3S/c1-10(15)17-8-3-2-5-11-6-4-7-13(16)12(11)9-14/h4,6-7,9,16H,3,8H2,1H3. The van der Waals surface area contributed by atoms with Crippen molar-refractivity contribution in [2.45, 2.75) is 13.3 Å². The Balaban J connectivity index is 2.68. The molecule has 88 valence electrons. The fourth-order valence-corrected chi connectivity index (χ4v) is 1.68. The van der Waals surface area contributed by atoms with Crippen molar-refractivity contribution in [1.29, 1.82) is 0 Å². The van der Waals surface area contributed by atoms with Gasteiger partial charge in [-0.3, -0.25) is 9.59 Å². The quantitative estimate of drug-likeness (QED) is 0.506. The third kappa shape index (κ3) is 4.33. The third-order valence-corrected chi connectivity index (χ3v) is 2.77. The van der Waals surface area contributed by atoms with E-state index in [4.69, 9.17) is 0 Å². The Morgan fingerprint density at radius 1 is 1.53 bits per heavy atom. The van der Waals surface area contributed by atoms with Crippen molar-refractivity contribution in [2.24, 2.45) is 0 Å². The van der Waals surface area contributed by atoms with E-state index in [1.807, 2.05) is 0 Å². The van der Waals surface area contributed by atoms with Crippen LogP contribution in [0.2, 0.25) is 0 Å². The first kappa shape index (κ1) is 13.3. The Kier molecular flexibility index (Phi) is 5.31. The average Bonchev–Trinajstić information content (AvgIpc) is 2.28. The van der Waals surface area contributed by atoms with Gasteiger partial charge in [0.1, 0.15) is 5.75 Å². The summed E-state index contributed by atoms with van der Waals surface area (Å²) in [5, 5.41) is 9.49. The number of hydrogen-bond acceptors (Lipinski definition) is 4. The van der Waals surface area contributed by atoms with Crippen LogP contribution in [0.4, 0.5) is 0 Å². The van der Waals surface area contributed by atoms with Crippen molar-refractivity contribution < 1.29 is 14.7 Å². The van der Waals surface area contributed by atoms with Gasteiger partial charge >= 0.3 is 0 Å². The number of aldehydes is 1. The summed E-state index contributed by atoms with van der Waals surface area (Å²) in [6.45, 7) is 1.51. The fraction of sp³-hybridized carbons (Fsp3) is 0.231. The Morgan fingerprint density at radius 3 is 2.94 bits per heavy atom. The molecule has 1 aromatic carbocycles. The molecule has 0 saturated carbocycles. The van der Waals surface area contributed by atoms with Gasteiger partial charge in [0.05, 0.1) is 5.56 Å². The highest BCUT2D eigenvalue weighted by molar-refractivity contribution is 8.13. The first-order chi connectivity index (χ1) is 8.15. The SMILES string of the molecule is CC(=O)SCCC#Cc1cccc(O)c1C=O. The Hall–Kier alpha value is -1.73. The Labute approximate surface area is 104 Å². The summed E-state index contributed by atoms with van der Waals surface area (Å²) in [6.07, 6.45) is 1.15. The zero-order chi connectivity index (χ0) is 12.7. The summed E-state index contributed by atoms with van der Waals surface area (Å²) < 4.78 is 0. The normalized spacial score (nSPS) is 9.24. The molecule has 0 aromatic heterocycles. The lowest BCUT2D eigenvalue weighted by Gasteiger charge is -1.98. The first-order valence-electron chi connectivity index (χ1n) is 5.04. The minimum atomic E-state index is -0.0649. The van der Waals surface area contributed by atoms with Gasteiger partial charge in [-0.15, -0.1) is 0 Å². The van der Waals surface area contributed by atoms with Gasteiger partial charge in [-0.2, -0.15) is 0 Å². The highest BCUT2D eigenvalue weighted by Crippen LogP contribution is 2.17. The van der Waals surface area contributed by atoms with Crippen LogP contribution in [0, 0.1) is 11.8 Å². The van der Waals surface area contributed by atoms with Crippen LogP contribution in [0.1, 0.15) is 29.3 Å². The summed E-state index contributed by atoms with van der Waals surface area (Å²) in [5.41, 5.74) is 0.715. The van der Waals surface area contributed by atoms with Crippen molar-refractivity contribution in [3.8, 4) is 17.6 Å². The number of benzene rings is 1. The van der Waals surface area contributed by atoms with Gasteiger partial charge in [0.15, 0.2) is 11.4 Å². The molecule has 1 rings (SSSR count). The topological polar surface area (TPSA) is 54.4 Å². The molecular formula is C13H12O3S. The number of hydrogen-bond donors (Lipinski definition) is 1.